The molecule has 10 aromatic rings. The van der Waals surface area contributed by atoms with Crippen LogP contribution in [0.2, 0.25) is 0 Å². The van der Waals surface area contributed by atoms with Crippen molar-refractivity contribution in [2.24, 2.45) is 0 Å². The topological polar surface area (TPSA) is 48.5 Å². The number of benzene rings is 7. The van der Waals surface area contributed by atoms with Crippen LogP contribution in [0.25, 0.3) is 88.6 Å². The van der Waals surface area contributed by atoms with E-state index in [2.05, 4.69) is 189 Å². The maximum absolute atomic E-state index is 4.74. The first-order valence-corrected chi connectivity index (χ1v) is 20.7. The zero-order valence-corrected chi connectivity index (χ0v) is 34.2. The van der Waals surface area contributed by atoms with Crippen LogP contribution in [0, 0.1) is 0 Å². The molecule has 0 spiro atoms. The van der Waals surface area contributed by atoms with E-state index in [-0.39, 0.29) is 17.5 Å². The molecular formula is C53H42BN5. The maximum Gasteiger partial charge on any atom is 0.252 e. The summed E-state index contributed by atoms with van der Waals surface area (Å²) >= 11 is 0. The second kappa shape index (κ2) is 11.9. The standard InChI is InChI=1S/C53H42BN5/c1-52(2,3)34-17-23-42-38(27-34)46-36(31-13-9-7-10-14-31)19-21-40-49(46)58(42)44-25-33(51-56-29-55-30-57-51)26-45-48(44)54(40)41-22-20-37(32-15-11-8-12-16-32)47-39-28-35(53(4,5)6)18-24-43(39)59(45)50(41)47/h7-30H,1-6H3. The SMILES string of the molecule is CC(C)(C)c1ccc2c(c1)c1c(-c3ccccc3)ccc3c1n2-c1cc(-c2ncncn2)cc2c1B3c1ccc(-c3ccccc3)c3c4cc(C(C)(C)C)ccc4n-2c13. The molecular weight excluding hydrogens is 717 g/mol. The monoisotopic (exact) mass is 759 g/mol. The highest BCUT2D eigenvalue weighted by molar-refractivity contribution is 7.00. The Morgan fingerprint density at radius 3 is 1.37 bits per heavy atom. The third-order valence-corrected chi connectivity index (χ3v) is 13.1. The van der Waals surface area contributed by atoms with Gasteiger partial charge in [0.2, 0.25) is 0 Å². The van der Waals surface area contributed by atoms with Crippen molar-refractivity contribution >= 4 is 66.7 Å². The van der Waals surface area contributed by atoms with Gasteiger partial charge in [-0.05, 0) is 97.0 Å². The fourth-order valence-corrected chi connectivity index (χ4v) is 10.2. The molecule has 0 saturated carbocycles. The molecule has 0 saturated heterocycles. The molecule has 6 heteroatoms. The van der Waals surface area contributed by atoms with Crippen molar-refractivity contribution in [1.29, 1.82) is 0 Å². The van der Waals surface area contributed by atoms with Crippen LogP contribution in [0.1, 0.15) is 52.7 Å². The molecule has 59 heavy (non-hydrogen) atoms. The molecule has 3 aromatic heterocycles. The Balaban J connectivity index is 1.30. The van der Waals surface area contributed by atoms with Crippen LogP contribution in [0.3, 0.4) is 0 Å². The molecule has 2 aliphatic heterocycles. The summed E-state index contributed by atoms with van der Waals surface area (Å²) < 4.78 is 5.12. The van der Waals surface area contributed by atoms with E-state index in [0.717, 1.165) is 5.56 Å². The third-order valence-electron chi connectivity index (χ3n) is 13.1. The van der Waals surface area contributed by atoms with Crippen molar-refractivity contribution in [1.82, 2.24) is 24.1 Å². The predicted molar refractivity (Wildman–Crippen MR) is 247 cm³/mol. The molecule has 0 fully saturated rings. The van der Waals surface area contributed by atoms with E-state index in [4.69, 9.17) is 9.97 Å². The molecule has 0 amide bonds. The molecule has 0 N–H and O–H groups in total. The lowest BCUT2D eigenvalue weighted by atomic mass is 9.34. The first-order valence-electron chi connectivity index (χ1n) is 20.7. The van der Waals surface area contributed by atoms with Crippen LogP contribution in [0.15, 0.2) is 146 Å². The summed E-state index contributed by atoms with van der Waals surface area (Å²) in [5.41, 5.74) is 19.8. The quantitative estimate of drug-likeness (QED) is 0.169. The number of rotatable bonds is 3. The maximum atomic E-state index is 4.74. The Hall–Kier alpha value is -6.79. The fourth-order valence-electron chi connectivity index (χ4n) is 10.2. The first kappa shape index (κ1) is 34.3. The molecule has 0 aliphatic carbocycles. The average Bonchev–Trinajstić information content (AvgIpc) is 3.78. The van der Waals surface area contributed by atoms with Gasteiger partial charge < -0.3 is 9.13 Å². The number of hydrogen-bond acceptors (Lipinski definition) is 3. The highest BCUT2D eigenvalue weighted by Crippen LogP contribution is 2.46. The van der Waals surface area contributed by atoms with Crippen LogP contribution in [-0.4, -0.2) is 30.8 Å². The second-order valence-electron chi connectivity index (χ2n) is 18.5. The molecule has 0 radical (unpaired) electrons. The van der Waals surface area contributed by atoms with Gasteiger partial charge in [0.15, 0.2) is 5.82 Å². The predicted octanol–water partition coefficient (Wildman–Crippen LogP) is 10.8. The van der Waals surface area contributed by atoms with Gasteiger partial charge in [-0.15, -0.1) is 0 Å². The van der Waals surface area contributed by atoms with Crippen LogP contribution < -0.4 is 16.4 Å². The summed E-state index contributed by atoms with van der Waals surface area (Å²) in [4.78, 5) is 13.7. The van der Waals surface area contributed by atoms with E-state index in [0.29, 0.717) is 5.82 Å². The van der Waals surface area contributed by atoms with E-state index >= 15 is 0 Å². The lowest BCUT2D eigenvalue weighted by Crippen LogP contribution is -2.59. The molecule has 5 heterocycles. The van der Waals surface area contributed by atoms with Gasteiger partial charge in [-0.1, -0.05) is 139 Å². The fraction of sp³-hybridized carbons (Fsp3) is 0.151. The van der Waals surface area contributed by atoms with Crippen molar-refractivity contribution in [3.8, 4) is 45.0 Å². The molecule has 0 atom stereocenters. The van der Waals surface area contributed by atoms with Crippen molar-refractivity contribution in [3.63, 3.8) is 0 Å². The van der Waals surface area contributed by atoms with Gasteiger partial charge >= 0.3 is 0 Å². The Labute approximate surface area is 344 Å². The van der Waals surface area contributed by atoms with Gasteiger partial charge in [-0.2, -0.15) is 0 Å². The minimum Gasteiger partial charge on any atom is -0.310 e. The Kier molecular flexibility index (Phi) is 6.91. The van der Waals surface area contributed by atoms with Crippen molar-refractivity contribution in [2.75, 3.05) is 0 Å². The van der Waals surface area contributed by atoms with E-state index in [1.165, 1.54) is 105 Å². The van der Waals surface area contributed by atoms with Crippen molar-refractivity contribution < 1.29 is 0 Å². The summed E-state index contributed by atoms with van der Waals surface area (Å²) in [5.74, 6) is 0.661. The number of aromatic nitrogens is 5. The minimum absolute atomic E-state index is 0.00940. The number of nitrogens with zero attached hydrogens (tertiary/aromatic N) is 5. The number of hydrogen-bond donors (Lipinski definition) is 0. The lowest BCUT2D eigenvalue weighted by Gasteiger charge is -2.34. The van der Waals surface area contributed by atoms with Crippen LogP contribution >= 0.6 is 0 Å². The summed E-state index contributed by atoms with van der Waals surface area (Å²) in [5, 5.41) is 5.14. The Bertz CT molecular complexity index is 3180. The van der Waals surface area contributed by atoms with E-state index in [9.17, 15) is 0 Å². The van der Waals surface area contributed by atoms with Crippen LogP contribution in [0.5, 0.6) is 0 Å². The van der Waals surface area contributed by atoms with Gasteiger partial charge in [-0.25, -0.2) is 15.0 Å². The van der Waals surface area contributed by atoms with Crippen molar-refractivity contribution in [2.45, 2.75) is 52.4 Å². The zero-order chi connectivity index (χ0) is 39.9. The van der Waals surface area contributed by atoms with Crippen LogP contribution in [-0.2, 0) is 10.8 Å². The zero-order valence-electron chi connectivity index (χ0n) is 34.2. The highest BCUT2D eigenvalue weighted by atomic mass is 15.0. The molecule has 0 bridgehead atoms. The smallest absolute Gasteiger partial charge is 0.252 e. The Morgan fingerprint density at radius 2 is 0.932 bits per heavy atom. The average molecular weight is 760 g/mol. The summed E-state index contributed by atoms with van der Waals surface area (Å²) in [6.45, 7) is 13.8. The normalized spacial score (nSPS) is 13.2. The summed E-state index contributed by atoms with van der Waals surface area (Å²) in [7, 11) is 0. The van der Waals surface area contributed by atoms with Gasteiger partial charge in [-0.3, -0.25) is 0 Å². The third kappa shape index (κ3) is 4.77. The highest BCUT2D eigenvalue weighted by Gasteiger charge is 2.42. The largest absolute Gasteiger partial charge is 0.310 e. The Morgan fingerprint density at radius 1 is 0.475 bits per heavy atom. The molecule has 0 unspecified atom stereocenters. The van der Waals surface area contributed by atoms with Gasteiger partial charge in [0.25, 0.3) is 6.71 Å². The van der Waals surface area contributed by atoms with Gasteiger partial charge in [0, 0.05) is 49.5 Å². The van der Waals surface area contributed by atoms with Gasteiger partial charge in [0.05, 0.1) is 11.0 Å². The minimum atomic E-state index is -0.0146. The van der Waals surface area contributed by atoms with Crippen molar-refractivity contribution in [3.05, 3.63) is 157 Å². The van der Waals surface area contributed by atoms with E-state index in [1.54, 1.807) is 12.7 Å². The number of fused-ring (bicyclic) bond motifs is 10. The summed E-state index contributed by atoms with van der Waals surface area (Å²) in [6, 6.07) is 50.4. The molecule has 282 valence electrons. The second-order valence-corrected chi connectivity index (χ2v) is 18.5. The van der Waals surface area contributed by atoms with E-state index < -0.39 is 0 Å². The first-order chi connectivity index (χ1) is 28.6. The molecule has 12 rings (SSSR count). The lowest BCUT2D eigenvalue weighted by molar-refractivity contribution is 0.591. The molecule has 2 aliphatic rings. The molecule has 5 nitrogen and oxygen atoms in total. The summed E-state index contributed by atoms with van der Waals surface area (Å²) in [6.07, 6.45) is 3.21. The molecule has 7 aromatic carbocycles. The van der Waals surface area contributed by atoms with E-state index in [1.807, 2.05) is 0 Å². The van der Waals surface area contributed by atoms with Crippen LogP contribution in [0.4, 0.5) is 0 Å². The van der Waals surface area contributed by atoms with Gasteiger partial charge in [0.1, 0.15) is 12.7 Å².